The molecule has 13 heavy (non-hydrogen) atoms. The van der Waals surface area contributed by atoms with E-state index in [1.54, 1.807) is 0 Å². The van der Waals surface area contributed by atoms with Crippen molar-refractivity contribution in [2.45, 2.75) is 18.8 Å². The first-order valence-electron chi connectivity index (χ1n) is 4.48. The molecule has 2 aromatic rings. The molecule has 66 valence electrons. The first-order chi connectivity index (χ1) is 6.34. The Morgan fingerprint density at radius 1 is 1.46 bits per heavy atom. The van der Waals surface area contributed by atoms with Crippen LogP contribution < -0.4 is 0 Å². The van der Waals surface area contributed by atoms with Crippen molar-refractivity contribution in [2.24, 2.45) is 0 Å². The lowest BCUT2D eigenvalue weighted by atomic mass is 10.2. The van der Waals surface area contributed by atoms with Gasteiger partial charge in [-0.15, -0.1) is 0 Å². The molecule has 2 aromatic heterocycles. The third-order valence-corrected chi connectivity index (χ3v) is 2.68. The van der Waals surface area contributed by atoms with Crippen molar-refractivity contribution in [2.75, 3.05) is 0 Å². The van der Waals surface area contributed by atoms with Gasteiger partial charge in [-0.05, 0) is 30.4 Å². The highest BCUT2D eigenvalue weighted by Gasteiger charge is 2.26. The Hall–Kier alpha value is -1.02. The molecule has 0 unspecified atom stereocenters. The Kier molecular flexibility index (Phi) is 1.41. The smallest absolute Gasteiger partial charge is 0.148 e. The largest absolute Gasteiger partial charge is 0.305 e. The van der Waals surface area contributed by atoms with Gasteiger partial charge in [-0.25, -0.2) is 4.98 Å². The van der Waals surface area contributed by atoms with Crippen molar-refractivity contribution in [1.29, 1.82) is 0 Å². The number of hydrogen-bond acceptors (Lipinski definition) is 1. The van der Waals surface area contributed by atoms with Crippen LogP contribution in [0, 0.1) is 0 Å². The number of aromatic nitrogens is 2. The van der Waals surface area contributed by atoms with Crippen LogP contribution in [0.25, 0.3) is 5.65 Å². The molecule has 0 N–H and O–H groups in total. The Morgan fingerprint density at radius 3 is 3.08 bits per heavy atom. The highest BCUT2D eigenvalue weighted by molar-refractivity contribution is 6.29. The second kappa shape index (κ2) is 2.48. The fraction of sp³-hybridized carbons (Fsp3) is 0.300. The molecule has 1 aliphatic rings. The number of pyridine rings is 1. The fourth-order valence-corrected chi connectivity index (χ4v) is 1.90. The van der Waals surface area contributed by atoms with E-state index in [2.05, 4.69) is 17.1 Å². The van der Waals surface area contributed by atoms with E-state index in [1.165, 1.54) is 18.4 Å². The molecule has 0 amide bonds. The summed E-state index contributed by atoms with van der Waals surface area (Å²) in [5, 5.41) is 0.577. The second-order valence-corrected chi connectivity index (χ2v) is 3.92. The van der Waals surface area contributed by atoms with Gasteiger partial charge in [0.1, 0.15) is 10.8 Å². The van der Waals surface area contributed by atoms with Gasteiger partial charge < -0.3 is 4.40 Å². The SMILES string of the molecule is Clc1cn2cccc(C3CC3)c2n1. The summed E-state index contributed by atoms with van der Waals surface area (Å²) in [6.45, 7) is 0. The molecule has 3 rings (SSSR count). The highest BCUT2D eigenvalue weighted by atomic mass is 35.5. The Bertz CT molecular complexity index is 457. The number of hydrogen-bond donors (Lipinski definition) is 0. The fourth-order valence-electron chi connectivity index (χ4n) is 1.72. The zero-order valence-electron chi connectivity index (χ0n) is 7.07. The van der Waals surface area contributed by atoms with Crippen molar-refractivity contribution in [1.82, 2.24) is 9.38 Å². The van der Waals surface area contributed by atoms with Crippen LogP contribution in [0.3, 0.4) is 0 Å². The monoisotopic (exact) mass is 192 g/mol. The second-order valence-electron chi connectivity index (χ2n) is 3.53. The number of halogens is 1. The lowest BCUT2D eigenvalue weighted by molar-refractivity contribution is 1.08. The predicted molar refractivity (Wildman–Crippen MR) is 52.2 cm³/mol. The Balaban J connectivity index is 2.31. The van der Waals surface area contributed by atoms with Gasteiger partial charge in [0.15, 0.2) is 0 Å². The van der Waals surface area contributed by atoms with Gasteiger partial charge in [0.2, 0.25) is 0 Å². The van der Waals surface area contributed by atoms with E-state index in [4.69, 9.17) is 11.6 Å². The minimum Gasteiger partial charge on any atom is -0.305 e. The summed E-state index contributed by atoms with van der Waals surface area (Å²) in [5.41, 5.74) is 2.37. The van der Waals surface area contributed by atoms with Crippen LogP contribution in [-0.4, -0.2) is 9.38 Å². The minimum atomic E-state index is 0.577. The molecular weight excluding hydrogens is 184 g/mol. The van der Waals surface area contributed by atoms with Crippen molar-refractivity contribution >= 4 is 17.2 Å². The minimum absolute atomic E-state index is 0.577. The van der Waals surface area contributed by atoms with E-state index in [1.807, 2.05) is 16.8 Å². The van der Waals surface area contributed by atoms with Gasteiger partial charge in [-0.2, -0.15) is 0 Å². The molecule has 0 saturated heterocycles. The average molecular weight is 193 g/mol. The Morgan fingerprint density at radius 2 is 2.31 bits per heavy atom. The lowest BCUT2D eigenvalue weighted by Gasteiger charge is -1.99. The van der Waals surface area contributed by atoms with Gasteiger partial charge in [-0.3, -0.25) is 0 Å². The van der Waals surface area contributed by atoms with Crippen LogP contribution in [0.2, 0.25) is 5.15 Å². The van der Waals surface area contributed by atoms with Crippen LogP contribution in [0.5, 0.6) is 0 Å². The number of nitrogens with zero attached hydrogens (tertiary/aromatic N) is 2. The van der Waals surface area contributed by atoms with E-state index in [0.29, 0.717) is 5.15 Å². The van der Waals surface area contributed by atoms with E-state index >= 15 is 0 Å². The van der Waals surface area contributed by atoms with Crippen LogP contribution >= 0.6 is 11.6 Å². The average Bonchev–Trinajstić information content (AvgIpc) is 2.86. The molecule has 0 spiro atoms. The number of rotatable bonds is 1. The van der Waals surface area contributed by atoms with E-state index in [-0.39, 0.29) is 0 Å². The Labute approximate surface area is 81.2 Å². The van der Waals surface area contributed by atoms with Crippen molar-refractivity contribution in [3.05, 3.63) is 35.2 Å². The summed E-state index contributed by atoms with van der Waals surface area (Å²) in [5.74, 6) is 0.724. The summed E-state index contributed by atoms with van der Waals surface area (Å²) in [4.78, 5) is 4.30. The number of imidazole rings is 1. The maximum atomic E-state index is 5.85. The molecule has 0 atom stereocenters. The maximum Gasteiger partial charge on any atom is 0.148 e. The maximum absolute atomic E-state index is 5.85. The first-order valence-corrected chi connectivity index (χ1v) is 4.85. The number of fused-ring (bicyclic) bond motifs is 1. The van der Waals surface area contributed by atoms with Gasteiger partial charge in [0, 0.05) is 12.4 Å². The molecule has 2 nitrogen and oxygen atoms in total. The third-order valence-electron chi connectivity index (χ3n) is 2.50. The van der Waals surface area contributed by atoms with Crippen molar-refractivity contribution in [3.63, 3.8) is 0 Å². The molecular formula is C10H9ClN2. The van der Waals surface area contributed by atoms with Gasteiger partial charge in [-0.1, -0.05) is 17.7 Å². The standard InChI is InChI=1S/C10H9ClN2/c11-9-6-13-5-1-2-8(7-3-4-7)10(13)12-9/h1-2,5-7H,3-4H2. The summed E-state index contributed by atoms with van der Waals surface area (Å²) in [7, 11) is 0. The molecule has 0 aliphatic heterocycles. The quantitative estimate of drug-likeness (QED) is 0.679. The normalized spacial score (nSPS) is 16.7. The highest BCUT2D eigenvalue weighted by Crippen LogP contribution is 2.41. The van der Waals surface area contributed by atoms with Gasteiger partial charge >= 0.3 is 0 Å². The van der Waals surface area contributed by atoms with Gasteiger partial charge in [0.25, 0.3) is 0 Å². The van der Waals surface area contributed by atoms with Crippen LogP contribution in [-0.2, 0) is 0 Å². The van der Waals surface area contributed by atoms with E-state index < -0.39 is 0 Å². The first kappa shape index (κ1) is 7.39. The van der Waals surface area contributed by atoms with Crippen LogP contribution in [0.1, 0.15) is 24.3 Å². The zero-order valence-corrected chi connectivity index (χ0v) is 7.83. The predicted octanol–water partition coefficient (Wildman–Crippen LogP) is 2.87. The molecule has 0 radical (unpaired) electrons. The molecule has 3 heteroatoms. The molecule has 0 aromatic carbocycles. The molecule has 1 fully saturated rings. The molecule has 0 bridgehead atoms. The van der Waals surface area contributed by atoms with Crippen molar-refractivity contribution < 1.29 is 0 Å². The lowest BCUT2D eigenvalue weighted by Crippen LogP contribution is -1.88. The summed E-state index contributed by atoms with van der Waals surface area (Å²) in [6, 6.07) is 4.20. The van der Waals surface area contributed by atoms with E-state index in [9.17, 15) is 0 Å². The van der Waals surface area contributed by atoms with Crippen LogP contribution in [0.4, 0.5) is 0 Å². The third kappa shape index (κ3) is 1.13. The van der Waals surface area contributed by atoms with Crippen LogP contribution in [0.15, 0.2) is 24.5 Å². The summed E-state index contributed by atoms with van der Waals surface area (Å²) >= 11 is 5.85. The molecule has 1 saturated carbocycles. The van der Waals surface area contributed by atoms with Crippen molar-refractivity contribution in [3.8, 4) is 0 Å². The zero-order chi connectivity index (χ0) is 8.84. The topological polar surface area (TPSA) is 17.3 Å². The summed E-state index contributed by atoms with van der Waals surface area (Å²) < 4.78 is 2.00. The summed E-state index contributed by atoms with van der Waals surface area (Å²) in [6.07, 6.45) is 6.43. The molecule has 1 aliphatic carbocycles. The molecule has 2 heterocycles. The van der Waals surface area contributed by atoms with E-state index in [0.717, 1.165) is 11.6 Å². The van der Waals surface area contributed by atoms with Gasteiger partial charge in [0.05, 0.1) is 0 Å².